The van der Waals surface area contributed by atoms with Crippen LogP contribution < -0.4 is 4.74 Å². The molecule has 0 fully saturated rings. The van der Waals surface area contributed by atoms with Crippen LogP contribution in [0.1, 0.15) is 10.4 Å². The number of rotatable bonds is 4. The van der Waals surface area contributed by atoms with Crippen LogP contribution in [0.3, 0.4) is 0 Å². The molecular weight excluding hydrogens is 248 g/mol. The third-order valence-corrected chi connectivity index (χ3v) is 3.28. The van der Waals surface area contributed by atoms with Crippen molar-refractivity contribution in [2.45, 2.75) is 0 Å². The molecule has 0 bridgehead atoms. The largest absolute Gasteiger partial charge is 0.497 e. The summed E-state index contributed by atoms with van der Waals surface area (Å²) in [6, 6.07) is 10.8. The first kappa shape index (κ1) is 12.4. The minimum Gasteiger partial charge on any atom is -0.497 e. The highest BCUT2D eigenvalue weighted by atomic mass is 32.1. The molecular formula is C14H12O3S. The molecule has 0 spiro atoms. The van der Waals surface area contributed by atoms with Crippen LogP contribution in [0.4, 0.5) is 0 Å². The summed E-state index contributed by atoms with van der Waals surface area (Å²) in [7, 11) is 1.58. The van der Waals surface area contributed by atoms with Gasteiger partial charge in [0.25, 0.3) is 0 Å². The van der Waals surface area contributed by atoms with Gasteiger partial charge in [-0.3, -0.25) is 0 Å². The SMILES string of the molecule is COc1ccc(/C(=C/c2cccs2)C(=O)O)cc1. The van der Waals surface area contributed by atoms with Gasteiger partial charge in [0.05, 0.1) is 12.7 Å². The molecule has 0 atom stereocenters. The normalized spacial score (nSPS) is 11.3. The van der Waals surface area contributed by atoms with E-state index in [-0.39, 0.29) is 5.57 Å². The van der Waals surface area contributed by atoms with E-state index in [1.807, 2.05) is 17.5 Å². The molecule has 0 radical (unpaired) electrons. The molecule has 0 aliphatic heterocycles. The molecule has 18 heavy (non-hydrogen) atoms. The van der Waals surface area contributed by atoms with Gasteiger partial charge in [0.15, 0.2) is 0 Å². The summed E-state index contributed by atoms with van der Waals surface area (Å²) in [6.07, 6.45) is 1.68. The zero-order valence-corrected chi connectivity index (χ0v) is 10.6. The van der Waals surface area contributed by atoms with E-state index < -0.39 is 5.97 Å². The van der Waals surface area contributed by atoms with E-state index in [1.165, 1.54) is 11.3 Å². The molecule has 1 heterocycles. The molecule has 2 rings (SSSR count). The van der Waals surface area contributed by atoms with E-state index in [0.717, 1.165) is 4.88 Å². The molecule has 0 saturated heterocycles. The van der Waals surface area contributed by atoms with Gasteiger partial charge in [-0.05, 0) is 35.2 Å². The molecule has 4 heteroatoms. The number of carbonyl (C=O) groups is 1. The van der Waals surface area contributed by atoms with Crippen LogP contribution in [-0.2, 0) is 4.79 Å². The third-order valence-electron chi connectivity index (χ3n) is 2.46. The summed E-state index contributed by atoms with van der Waals surface area (Å²) in [6.45, 7) is 0. The van der Waals surface area contributed by atoms with Crippen LogP contribution in [0.2, 0.25) is 0 Å². The summed E-state index contributed by atoms with van der Waals surface area (Å²) in [5.74, 6) is -0.229. The van der Waals surface area contributed by atoms with Crippen molar-refractivity contribution in [1.29, 1.82) is 0 Å². The second kappa shape index (κ2) is 5.51. The fourth-order valence-corrected chi connectivity index (χ4v) is 2.21. The maximum atomic E-state index is 11.3. The molecule has 92 valence electrons. The van der Waals surface area contributed by atoms with Crippen molar-refractivity contribution < 1.29 is 14.6 Å². The quantitative estimate of drug-likeness (QED) is 0.857. The Balaban J connectivity index is 2.38. The maximum Gasteiger partial charge on any atom is 0.336 e. The molecule has 0 saturated carbocycles. The maximum absolute atomic E-state index is 11.3. The zero-order chi connectivity index (χ0) is 13.0. The van der Waals surface area contributed by atoms with E-state index in [1.54, 1.807) is 37.5 Å². The van der Waals surface area contributed by atoms with Gasteiger partial charge in [0.1, 0.15) is 5.75 Å². The number of methoxy groups -OCH3 is 1. The van der Waals surface area contributed by atoms with Crippen LogP contribution in [0, 0.1) is 0 Å². The predicted octanol–water partition coefficient (Wildman–Crippen LogP) is 3.38. The van der Waals surface area contributed by atoms with E-state index in [2.05, 4.69) is 0 Å². The van der Waals surface area contributed by atoms with Crippen molar-refractivity contribution in [3.05, 3.63) is 52.2 Å². The van der Waals surface area contributed by atoms with Gasteiger partial charge in [-0.15, -0.1) is 11.3 Å². The lowest BCUT2D eigenvalue weighted by molar-refractivity contribution is -0.130. The predicted molar refractivity (Wildman–Crippen MR) is 72.8 cm³/mol. The first-order valence-corrected chi connectivity index (χ1v) is 6.21. The van der Waals surface area contributed by atoms with E-state index >= 15 is 0 Å². The van der Waals surface area contributed by atoms with Crippen molar-refractivity contribution >= 4 is 29.0 Å². The molecule has 1 aromatic heterocycles. The van der Waals surface area contributed by atoms with Gasteiger partial charge in [-0.2, -0.15) is 0 Å². The Morgan fingerprint density at radius 2 is 2.00 bits per heavy atom. The van der Waals surface area contributed by atoms with Crippen molar-refractivity contribution in [3.63, 3.8) is 0 Å². The first-order valence-electron chi connectivity index (χ1n) is 5.33. The van der Waals surface area contributed by atoms with Crippen LogP contribution in [0.25, 0.3) is 11.6 Å². The van der Waals surface area contributed by atoms with Crippen LogP contribution in [0.5, 0.6) is 5.75 Å². The highest BCUT2D eigenvalue weighted by Crippen LogP contribution is 2.23. The average molecular weight is 260 g/mol. The molecule has 0 amide bonds. The van der Waals surface area contributed by atoms with Crippen LogP contribution in [0.15, 0.2) is 41.8 Å². The Bertz CT molecular complexity index is 553. The van der Waals surface area contributed by atoms with Gasteiger partial charge >= 0.3 is 5.97 Å². The van der Waals surface area contributed by atoms with Crippen molar-refractivity contribution in [2.75, 3.05) is 7.11 Å². The Morgan fingerprint density at radius 1 is 1.28 bits per heavy atom. The highest BCUT2D eigenvalue weighted by Gasteiger charge is 2.10. The second-order valence-electron chi connectivity index (χ2n) is 3.61. The monoisotopic (exact) mass is 260 g/mol. The Morgan fingerprint density at radius 3 is 2.50 bits per heavy atom. The smallest absolute Gasteiger partial charge is 0.336 e. The number of thiophene rings is 1. The molecule has 1 aromatic carbocycles. The van der Waals surface area contributed by atoms with Crippen LogP contribution in [-0.4, -0.2) is 18.2 Å². The lowest BCUT2D eigenvalue weighted by Gasteiger charge is -2.04. The molecule has 0 unspecified atom stereocenters. The minimum absolute atomic E-state index is 0.278. The van der Waals surface area contributed by atoms with E-state index in [9.17, 15) is 9.90 Å². The third kappa shape index (κ3) is 2.78. The summed E-state index contributed by atoms with van der Waals surface area (Å²) < 4.78 is 5.05. The Labute approximate surface area is 109 Å². The summed E-state index contributed by atoms with van der Waals surface area (Å²) in [5.41, 5.74) is 0.941. The topological polar surface area (TPSA) is 46.5 Å². The molecule has 2 aromatic rings. The number of carboxylic acid groups (broad SMARTS) is 1. The number of hydrogen-bond donors (Lipinski definition) is 1. The number of hydrogen-bond acceptors (Lipinski definition) is 3. The van der Waals surface area contributed by atoms with Crippen molar-refractivity contribution in [3.8, 4) is 5.75 Å². The van der Waals surface area contributed by atoms with Gasteiger partial charge in [0.2, 0.25) is 0 Å². The van der Waals surface area contributed by atoms with Crippen molar-refractivity contribution in [1.82, 2.24) is 0 Å². The lowest BCUT2D eigenvalue weighted by Crippen LogP contribution is -1.99. The number of carboxylic acids is 1. The second-order valence-corrected chi connectivity index (χ2v) is 4.59. The molecule has 1 N–H and O–H groups in total. The Hall–Kier alpha value is -2.07. The fourth-order valence-electron chi connectivity index (χ4n) is 1.55. The summed E-state index contributed by atoms with van der Waals surface area (Å²) in [4.78, 5) is 12.2. The zero-order valence-electron chi connectivity index (χ0n) is 9.79. The van der Waals surface area contributed by atoms with Gasteiger partial charge in [-0.25, -0.2) is 4.79 Å². The van der Waals surface area contributed by atoms with Gasteiger partial charge in [-0.1, -0.05) is 18.2 Å². The first-order chi connectivity index (χ1) is 8.70. The molecule has 3 nitrogen and oxygen atoms in total. The standard InChI is InChI=1S/C14H12O3S/c1-17-11-6-4-10(5-7-11)13(14(15)16)9-12-3-2-8-18-12/h2-9H,1H3,(H,15,16)/b13-9-. The number of benzene rings is 1. The fraction of sp³-hybridized carbons (Fsp3) is 0.0714. The van der Waals surface area contributed by atoms with Gasteiger partial charge < -0.3 is 9.84 Å². The minimum atomic E-state index is -0.937. The van der Waals surface area contributed by atoms with Crippen LogP contribution >= 0.6 is 11.3 Å². The molecule has 0 aliphatic rings. The number of aliphatic carboxylic acids is 1. The number of ether oxygens (including phenoxy) is 1. The highest BCUT2D eigenvalue weighted by molar-refractivity contribution is 7.10. The van der Waals surface area contributed by atoms with E-state index in [0.29, 0.717) is 11.3 Å². The van der Waals surface area contributed by atoms with Gasteiger partial charge in [0, 0.05) is 4.88 Å². The van der Waals surface area contributed by atoms with E-state index in [4.69, 9.17) is 4.74 Å². The summed E-state index contributed by atoms with van der Waals surface area (Å²) in [5, 5.41) is 11.2. The average Bonchev–Trinajstić information content (AvgIpc) is 2.89. The Kier molecular flexibility index (Phi) is 3.79. The van der Waals surface area contributed by atoms with Crippen molar-refractivity contribution in [2.24, 2.45) is 0 Å². The summed E-state index contributed by atoms with van der Waals surface area (Å²) >= 11 is 1.51. The molecule has 0 aliphatic carbocycles. The lowest BCUT2D eigenvalue weighted by atomic mass is 10.1.